The van der Waals surface area contributed by atoms with E-state index in [9.17, 15) is 5.11 Å². The number of rotatable bonds is 4. The van der Waals surface area contributed by atoms with Gasteiger partial charge in [-0.05, 0) is 31.5 Å². The first-order chi connectivity index (χ1) is 8.56. The molecule has 1 heterocycles. The predicted molar refractivity (Wildman–Crippen MR) is 75.4 cm³/mol. The molecule has 1 atom stereocenters. The minimum absolute atomic E-state index is 0.316. The average molecular weight is 309 g/mol. The third kappa shape index (κ3) is 3.21. The van der Waals surface area contributed by atoms with Crippen molar-refractivity contribution in [1.82, 2.24) is 9.78 Å². The van der Waals surface area contributed by atoms with Crippen molar-refractivity contribution in [2.75, 3.05) is 0 Å². The highest BCUT2D eigenvalue weighted by atomic mass is 79.9. The van der Waals surface area contributed by atoms with Crippen LogP contribution in [-0.4, -0.2) is 14.9 Å². The van der Waals surface area contributed by atoms with Crippen LogP contribution in [0.4, 0.5) is 0 Å². The molecule has 1 N–H and O–H groups in total. The van der Waals surface area contributed by atoms with E-state index in [1.165, 1.54) is 0 Å². The first-order valence-electron chi connectivity index (χ1n) is 6.03. The fourth-order valence-corrected chi connectivity index (χ4v) is 2.26. The zero-order chi connectivity index (χ0) is 13.1. The Labute approximate surface area is 116 Å². The molecule has 18 heavy (non-hydrogen) atoms. The highest BCUT2D eigenvalue weighted by Crippen LogP contribution is 2.20. The molecule has 2 rings (SSSR count). The molecule has 1 aromatic heterocycles. The Morgan fingerprint density at radius 1 is 1.39 bits per heavy atom. The van der Waals surface area contributed by atoms with Crippen LogP contribution in [-0.2, 0) is 6.42 Å². The smallest absolute Gasteiger partial charge is 0.0860 e. The minimum Gasteiger partial charge on any atom is -0.388 e. The highest BCUT2D eigenvalue weighted by Gasteiger charge is 2.12. The molecule has 0 radical (unpaired) electrons. The first kappa shape index (κ1) is 13.3. The van der Waals surface area contributed by atoms with Crippen molar-refractivity contribution in [3.8, 4) is 0 Å². The molecule has 4 heteroatoms. The Bertz CT molecular complexity index is 522. The summed E-state index contributed by atoms with van der Waals surface area (Å²) in [5.41, 5.74) is 1.97. The number of nitrogens with zero attached hydrogens (tertiary/aromatic N) is 2. The Kier molecular flexibility index (Phi) is 4.19. The molecule has 0 fully saturated rings. The summed E-state index contributed by atoms with van der Waals surface area (Å²) in [5, 5.41) is 14.4. The fraction of sp³-hybridized carbons (Fsp3) is 0.357. The van der Waals surface area contributed by atoms with Crippen molar-refractivity contribution in [1.29, 1.82) is 0 Å². The van der Waals surface area contributed by atoms with E-state index in [1.807, 2.05) is 35.1 Å². The lowest BCUT2D eigenvalue weighted by molar-refractivity contribution is 0.178. The van der Waals surface area contributed by atoms with E-state index in [4.69, 9.17) is 0 Å². The molecule has 3 nitrogen and oxygen atoms in total. The molecule has 2 aromatic rings. The largest absolute Gasteiger partial charge is 0.388 e. The van der Waals surface area contributed by atoms with Gasteiger partial charge in [-0.2, -0.15) is 5.10 Å². The molecule has 96 valence electrons. The van der Waals surface area contributed by atoms with Crippen LogP contribution in [0.1, 0.15) is 37.1 Å². The van der Waals surface area contributed by atoms with Gasteiger partial charge in [0.25, 0.3) is 0 Å². The van der Waals surface area contributed by atoms with E-state index in [0.717, 1.165) is 15.6 Å². The molecule has 0 saturated heterocycles. The van der Waals surface area contributed by atoms with Crippen LogP contribution in [0.25, 0.3) is 0 Å². The molecule has 0 amide bonds. The average Bonchev–Trinajstić information content (AvgIpc) is 2.78. The summed E-state index contributed by atoms with van der Waals surface area (Å²) < 4.78 is 2.89. The van der Waals surface area contributed by atoms with Gasteiger partial charge in [0.15, 0.2) is 0 Å². The van der Waals surface area contributed by atoms with Crippen molar-refractivity contribution in [2.24, 2.45) is 0 Å². The number of aliphatic hydroxyl groups is 1. The van der Waals surface area contributed by atoms with Gasteiger partial charge < -0.3 is 5.11 Å². The lowest BCUT2D eigenvalue weighted by Crippen LogP contribution is -2.02. The normalized spacial score (nSPS) is 12.9. The van der Waals surface area contributed by atoms with Crippen LogP contribution in [0.2, 0.25) is 0 Å². The minimum atomic E-state index is -0.508. The molecule has 1 aromatic carbocycles. The van der Waals surface area contributed by atoms with Crippen LogP contribution < -0.4 is 0 Å². The first-order valence-corrected chi connectivity index (χ1v) is 6.82. The van der Waals surface area contributed by atoms with Crippen molar-refractivity contribution >= 4 is 15.9 Å². The van der Waals surface area contributed by atoms with Gasteiger partial charge in [-0.1, -0.05) is 28.1 Å². The summed E-state index contributed by atoms with van der Waals surface area (Å²) in [6.07, 6.45) is 3.74. The van der Waals surface area contributed by atoms with E-state index in [2.05, 4.69) is 34.9 Å². The van der Waals surface area contributed by atoms with E-state index < -0.39 is 6.10 Å². The van der Waals surface area contributed by atoms with Gasteiger partial charge in [-0.25, -0.2) is 0 Å². The summed E-state index contributed by atoms with van der Waals surface area (Å²) in [6.45, 7) is 4.13. The van der Waals surface area contributed by atoms with E-state index >= 15 is 0 Å². The van der Waals surface area contributed by atoms with Gasteiger partial charge in [0, 0.05) is 28.7 Å². The predicted octanol–water partition coefficient (Wildman–Crippen LogP) is 3.50. The van der Waals surface area contributed by atoms with Crippen LogP contribution in [0.3, 0.4) is 0 Å². The number of halogens is 1. The Morgan fingerprint density at radius 2 is 2.17 bits per heavy atom. The van der Waals surface area contributed by atoms with Gasteiger partial charge >= 0.3 is 0 Å². The SMILES string of the molecule is CC(C)n1cc(C(O)Cc2cccc(Br)c2)cn1. The van der Waals surface area contributed by atoms with Crippen LogP contribution in [0, 0.1) is 0 Å². The summed E-state index contributed by atoms with van der Waals surface area (Å²) in [7, 11) is 0. The quantitative estimate of drug-likeness (QED) is 0.938. The lowest BCUT2D eigenvalue weighted by Gasteiger charge is -2.09. The molecule has 0 aliphatic rings. The molecule has 0 aliphatic heterocycles. The molecule has 0 spiro atoms. The summed E-state index contributed by atoms with van der Waals surface area (Å²) >= 11 is 3.43. The van der Waals surface area contributed by atoms with Crippen molar-refractivity contribution in [3.05, 3.63) is 52.3 Å². The van der Waals surface area contributed by atoms with Gasteiger partial charge in [0.05, 0.1) is 12.3 Å². The molecule has 0 aliphatic carbocycles. The molecule has 0 saturated carbocycles. The maximum atomic E-state index is 10.2. The van der Waals surface area contributed by atoms with Crippen molar-refractivity contribution in [2.45, 2.75) is 32.4 Å². The van der Waals surface area contributed by atoms with E-state index in [1.54, 1.807) is 6.20 Å². The third-order valence-electron chi connectivity index (χ3n) is 2.85. The number of benzene rings is 1. The lowest BCUT2D eigenvalue weighted by atomic mass is 10.0. The summed E-state index contributed by atoms with van der Waals surface area (Å²) in [6, 6.07) is 8.31. The van der Waals surface area contributed by atoms with Crippen LogP contribution in [0.5, 0.6) is 0 Å². The maximum Gasteiger partial charge on any atom is 0.0860 e. The number of hydrogen-bond acceptors (Lipinski definition) is 2. The molecular formula is C14H17BrN2O. The number of aliphatic hydroxyl groups excluding tert-OH is 1. The zero-order valence-corrected chi connectivity index (χ0v) is 12.1. The van der Waals surface area contributed by atoms with Crippen LogP contribution >= 0.6 is 15.9 Å². The topological polar surface area (TPSA) is 38.0 Å². The van der Waals surface area contributed by atoms with Crippen molar-refractivity contribution < 1.29 is 5.11 Å². The number of hydrogen-bond donors (Lipinski definition) is 1. The van der Waals surface area contributed by atoms with E-state index in [-0.39, 0.29) is 0 Å². The fourth-order valence-electron chi connectivity index (χ4n) is 1.81. The standard InChI is InChI=1S/C14H17BrN2O/c1-10(2)17-9-12(8-16-17)14(18)7-11-4-3-5-13(15)6-11/h3-6,8-10,14,18H,7H2,1-2H3. The van der Waals surface area contributed by atoms with Gasteiger partial charge in [-0.3, -0.25) is 4.68 Å². The monoisotopic (exact) mass is 308 g/mol. The maximum absolute atomic E-state index is 10.2. The molecule has 1 unspecified atom stereocenters. The van der Waals surface area contributed by atoms with Gasteiger partial charge in [0.1, 0.15) is 0 Å². The second kappa shape index (κ2) is 5.67. The Hall–Kier alpha value is -1.13. The highest BCUT2D eigenvalue weighted by molar-refractivity contribution is 9.10. The van der Waals surface area contributed by atoms with Gasteiger partial charge in [0.2, 0.25) is 0 Å². The van der Waals surface area contributed by atoms with Crippen molar-refractivity contribution in [3.63, 3.8) is 0 Å². The third-order valence-corrected chi connectivity index (χ3v) is 3.35. The second-order valence-corrected chi connectivity index (χ2v) is 5.61. The molecular weight excluding hydrogens is 292 g/mol. The van der Waals surface area contributed by atoms with Gasteiger partial charge in [-0.15, -0.1) is 0 Å². The summed E-state index contributed by atoms with van der Waals surface area (Å²) in [5.74, 6) is 0. The zero-order valence-electron chi connectivity index (χ0n) is 10.5. The van der Waals surface area contributed by atoms with E-state index in [0.29, 0.717) is 12.5 Å². The number of aromatic nitrogens is 2. The molecule has 0 bridgehead atoms. The second-order valence-electron chi connectivity index (χ2n) is 4.70. The van der Waals surface area contributed by atoms with Crippen LogP contribution in [0.15, 0.2) is 41.1 Å². The Morgan fingerprint density at radius 3 is 2.78 bits per heavy atom. The summed E-state index contributed by atoms with van der Waals surface area (Å²) in [4.78, 5) is 0. The Balaban J connectivity index is 2.09.